The zero-order chi connectivity index (χ0) is 12.5. The van der Waals surface area contributed by atoms with Crippen LogP contribution in [-0.4, -0.2) is 34.4 Å². The average Bonchev–Trinajstić information content (AvgIpc) is 2.87. The van der Waals surface area contributed by atoms with Crippen molar-refractivity contribution in [3.8, 4) is 5.75 Å². The minimum Gasteiger partial charge on any atom is -0.482 e. The first-order chi connectivity index (χ1) is 8.74. The SMILES string of the molecule is CN1C(=O)COc2ccc(Nc3nnns3)cc21. The van der Waals surface area contributed by atoms with Gasteiger partial charge >= 0.3 is 0 Å². The Labute approximate surface area is 107 Å². The number of benzene rings is 1. The fourth-order valence-electron chi connectivity index (χ4n) is 1.66. The zero-order valence-corrected chi connectivity index (χ0v) is 10.3. The van der Waals surface area contributed by atoms with Crippen molar-refractivity contribution >= 4 is 33.9 Å². The number of hydrogen-bond donors (Lipinski definition) is 1. The van der Waals surface area contributed by atoms with Gasteiger partial charge in [-0.25, -0.2) is 0 Å². The standard InChI is InChI=1S/C10H9N5O2S/c1-15-7-4-6(11-10-12-13-14-18-10)2-3-8(7)17-5-9(15)16/h2-4H,5H2,1H3,(H,11,12,14). The number of aromatic nitrogens is 3. The van der Waals surface area contributed by atoms with Crippen molar-refractivity contribution in [3.05, 3.63) is 18.2 Å². The molecule has 1 aromatic heterocycles. The molecule has 2 heterocycles. The molecule has 1 aliphatic heterocycles. The number of carbonyl (C=O) groups is 1. The third-order valence-corrected chi connectivity index (χ3v) is 3.11. The molecule has 0 spiro atoms. The Morgan fingerprint density at radius 2 is 2.39 bits per heavy atom. The van der Waals surface area contributed by atoms with Crippen LogP contribution in [0.5, 0.6) is 5.75 Å². The van der Waals surface area contributed by atoms with Gasteiger partial charge in [0, 0.05) is 24.3 Å². The van der Waals surface area contributed by atoms with Gasteiger partial charge in [0.15, 0.2) is 6.61 Å². The molecule has 0 atom stereocenters. The predicted octanol–water partition coefficient (Wildman–Crippen LogP) is 1.03. The highest BCUT2D eigenvalue weighted by Crippen LogP contribution is 2.34. The van der Waals surface area contributed by atoms with Gasteiger partial charge in [-0.2, -0.15) is 0 Å². The molecular weight excluding hydrogens is 254 g/mol. The average molecular weight is 263 g/mol. The highest BCUT2D eigenvalue weighted by molar-refractivity contribution is 7.09. The zero-order valence-electron chi connectivity index (χ0n) is 9.45. The van der Waals surface area contributed by atoms with Gasteiger partial charge in [-0.05, 0) is 23.4 Å². The number of amides is 1. The number of ether oxygens (including phenoxy) is 1. The lowest BCUT2D eigenvalue weighted by Crippen LogP contribution is -2.35. The van der Waals surface area contributed by atoms with Crippen molar-refractivity contribution in [1.29, 1.82) is 0 Å². The van der Waals surface area contributed by atoms with Crippen molar-refractivity contribution in [2.24, 2.45) is 0 Å². The quantitative estimate of drug-likeness (QED) is 0.871. The summed E-state index contributed by atoms with van der Waals surface area (Å²) < 4.78 is 9.00. The monoisotopic (exact) mass is 263 g/mol. The summed E-state index contributed by atoms with van der Waals surface area (Å²) in [4.78, 5) is 13.1. The number of carbonyl (C=O) groups excluding carboxylic acids is 1. The normalized spacial score (nSPS) is 14.1. The lowest BCUT2D eigenvalue weighted by atomic mass is 10.2. The van der Waals surface area contributed by atoms with E-state index < -0.39 is 0 Å². The highest BCUT2D eigenvalue weighted by Gasteiger charge is 2.22. The Morgan fingerprint density at radius 1 is 1.50 bits per heavy atom. The molecule has 0 fully saturated rings. The third-order valence-electron chi connectivity index (χ3n) is 2.60. The van der Waals surface area contributed by atoms with E-state index in [4.69, 9.17) is 4.74 Å². The summed E-state index contributed by atoms with van der Waals surface area (Å²) in [6, 6.07) is 5.49. The van der Waals surface area contributed by atoms with E-state index >= 15 is 0 Å². The van der Waals surface area contributed by atoms with E-state index in [2.05, 4.69) is 20.1 Å². The molecule has 0 aliphatic carbocycles. The molecule has 1 N–H and O–H groups in total. The van der Waals surface area contributed by atoms with Crippen LogP contribution in [0.2, 0.25) is 0 Å². The summed E-state index contributed by atoms with van der Waals surface area (Å²) in [5.74, 6) is 0.621. The van der Waals surface area contributed by atoms with Gasteiger partial charge in [-0.1, -0.05) is 9.59 Å². The van der Waals surface area contributed by atoms with E-state index in [1.165, 1.54) is 0 Å². The number of rotatable bonds is 2. The van der Waals surface area contributed by atoms with Crippen LogP contribution >= 0.6 is 11.5 Å². The van der Waals surface area contributed by atoms with Crippen molar-refractivity contribution in [2.45, 2.75) is 0 Å². The minimum absolute atomic E-state index is 0.0720. The number of hydrogen-bond acceptors (Lipinski definition) is 7. The van der Waals surface area contributed by atoms with E-state index in [-0.39, 0.29) is 12.5 Å². The minimum atomic E-state index is -0.0720. The van der Waals surface area contributed by atoms with Crippen LogP contribution in [-0.2, 0) is 4.79 Å². The van der Waals surface area contributed by atoms with Gasteiger partial charge < -0.3 is 15.0 Å². The fraction of sp³-hybridized carbons (Fsp3) is 0.200. The first-order valence-corrected chi connectivity index (χ1v) is 5.97. The number of nitrogens with one attached hydrogen (secondary N) is 1. The van der Waals surface area contributed by atoms with Gasteiger partial charge in [0.25, 0.3) is 5.91 Å². The number of fused-ring (bicyclic) bond motifs is 1. The summed E-state index contributed by atoms with van der Waals surface area (Å²) in [5, 5.41) is 10.9. The second-order valence-corrected chi connectivity index (χ2v) is 4.45. The molecule has 0 bridgehead atoms. The number of anilines is 3. The summed E-state index contributed by atoms with van der Waals surface area (Å²) in [6.07, 6.45) is 0. The summed E-state index contributed by atoms with van der Waals surface area (Å²) >= 11 is 1.16. The number of nitrogens with zero attached hydrogens (tertiary/aromatic N) is 4. The molecule has 7 nitrogen and oxygen atoms in total. The van der Waals surface area contributed by atoms with E-state index in [0.717, 1.165) is 22.9 Å². The largest absolute Gasteiger partial charge is 0.482 e. The first kappa shape index (κ1) is 10.9. The molecule has 18 heavy (non-hydrogen) atoms. The molecule has 1 aromatic carbocycles. The Kier molecular flexibility index (Phi) is 2.56. The Morgan fingerprint density at radius 3 is 3.17 bits per heavy atom. The maximum atomic E-state index is 11.5. The third kappa shape index (κ3) is 1.86. The fourth-order valence-corrected chi connectivity index (χ4v) is 2.04. The van der Waals surface area contributed by atoms with Crippen molar-refractivity contribution in [2.75, 3.05) is 23.9 Å². The Balaban J connectivity index is 1.92. The second kappa shape index (κ2) is 4.22. The van der Waals surface area contributed by atoms with E-state index in [1.807, 2.05) is 18.2 Å². The first-order valence-electron chi connectivity index (χ1n) is 5.19. The lowest BCUT2D eigenvalue weighted by molar-refractivity contribution is -0.120. The van der Waals surface area contributed by atoms with E-state index in [0.29, 0.717) is 10.9 Å². The summed E-state index contributed by atoms with van der Waals surface area (Å²) in [7, 11) is 1.72. The Hall–Kier alpha value is -2.22. The maximum absolute atomic E-state index is 11.5. The van der Waals surface area contributed by atoms with Gasteiger partial charge in [0.1, 0.15) is 5.75 Å². The van der Waals surface area contributed by atoms with Gasteiger partial charge in [-0.3, -0.25) is 4.79 Å². The molecule has 92 valence electrons. The van der Waals surface area contributed by atoms with Crippen molar-refractivity contribution in [3.63, 3.8) is 0 Å². The van der Waals surface area contributed by atoms with Crippen molar-refractivity contribution < 1.29 is 9.53 Å². The van der Waals surface area contributed by atoms with Crippen molar-refractivity contribution in [1.82, 2.24) is 14.8 Å². The van der Waals surface area contributed by atoms with Crippen LogP contribution < -0.4 is 15.0 Å². The molecule has 8 heteroatoms. The smallest absolute Gasteiger partial charge is 0.264 e. The topological polar surface area (TPSA) is 80.2 Å². The second-order valence-electron chi connectivity index (χ2n) is 3.72. The van der Waals surface area contributed by atoms with E-state index in [1.54, 1.807) is 11.9 Å². The molecule has 2 aromatic rings. The summed E-state index contributed by atoms with van der Waals surface area (Å²) in [6.45, 7) is 0.0800. The van der Waals surface area contributed by atoms with Crippen LogP contribution in [0.3, 0.4) is 0 Å². The molecule has 1 aliphatic rings. The molecule has 0 saturated carbocycles. The predicted molar refractivity (Wildman–Crippen MR) is 66.3 cm³/mol. The molecule has 0 radical (unpaired) electrons. The van der Waals surface area contributed by atoms with Gasteiger partial charge in [0.2, 0.25) is 5.13 Å². The van der Waals surface area contributed by atoms with Crippen LogP contribution in [0.25, 0.3) is 0 Å². The van der Waals surface area contributed by atoms with Crippen LogP contribution in [0.15, 0.2) is 18.2 Å². The molecule has 0 unspecified atom stereocenters. The number of likely N-dealkylation sites (N-methyl/N-ethyl adjacent to an activating group) is 1. The van der Waals surface area contributed by atoms with Crippen LogP contribution in [0.4, 0.5) is 16.5 Å². The summed E-state index contributed by atoms with van der Waals surface area (Å²) in [5.41, 5.74) is 1.53. The van der Waals surface area contributed by atoms with Gasteiger partial charge in [0.05, 0.1) is 5.69 Å². The van der Waals surface area contributed by atoms with E-state index in [9.17, 15) is 4.79 Å². The molecule has 0 saturated heterocycles. The highest BCUT2D eigenvalue weighted by atomic mass is 32.1. The molecular formula is C10H9N5O2S. The maximum Gasteiger partial charge on any atom is 0.264 e. The lowest BCUT2D eigenvalue weighted by Gasteiger charge is -2.26. The van der Waals surface area contributed by atoms with Gasteiger partial charge in [-0.15, -0.1) is 0 Å². The van der Waals surface area contributed by atoms with Crippen LogP contribution in [0.1, 0.15) is 0 Å². The Bertz CT molecular complexity index is 586. The molecule has 3 rings (SSSR count). The molecule has 1 amide bonds. The van der Waals surface area contributed by atoms with Crippen LogP contribution in [0, 0.1) is 0 Å².